The zero-order valence-corrected chi connectivity index (χ0v) is 11.4. The van der Waals surface area contributed by atoms with Crippen LogP contribution >= 0.6 is 0 Å². The number of carbonyl (C=O) groups is 1. The second-order valence-corrected chi connectivity index (χ2v) is 5.05. The van der Waals surface area contributed by atoms with Gasteiger partial charge in [0.25, 0.3) is 0 Å². The van der Waals surface area contributed by atoms with Gasteiger partial charge < -0.3 is 15.4 Å². The molecule has 0 unspecified atom stereocenters. The van der Waals surface area contributed by atoms with Crippen molar-refractivity contribution in [3.8, 4) is 0 Å². The summed E-state index contributed by atoms with van der Waals surface area (Å²) in [6.45, 7) is 2.50. The number of methoxy groups -OCH3 is 1. The second-order valence-electron chi connectivity index (χ2n) is 5.05. The van der Waals surface area contributed by atoms with Gasteiger partial charge in [-0.3, -0.25) is 4.79 Å². The van der Waals surface area contributed by atoms with Crippen LogP contribution in [0.4, 0.5) is 0 Å². The van der Waals surface area contributed by atoms with Crippen LogP contribution in [0.5, 0.6) is 0 Å². The third kappa shape index (κ3) is 5.01. The lowest BCUT2D eigenvalue weighted by molar-refractivity contribution is -0.120. The normalized spacial score (nSPS) is 14.4. The average molecular weight is 262 g/mol. The predicted molar refractivity (Wildman–Crippen MR) is 74.6 cm³/mol. The summed E-state index contributed by atoms with van der Waals surface area (Å²) < 4.78 is 5.16. The van der Waals surface area contributed by atoms with Gasteiger partial charge >= 0.3 is 0 Å². The van der Waals surface area contributed by atoms with Gasteiger partial charge in [0, 0.05) is 20.2 Å². The molecular formula is C15H22N2O2. The fourth-order valence-electron chi connectivity index (χ4n) is 1.98. The quantitative estimate of drug-likeness (QED) is 0.745. The van der Waals surface area contributed by atoms with Crippen molar-refractivity contribution in [2.45, 2.75) is 26.0 Å². The third-order valence-corrected chi connectivity index (χ3v) is 3.30. The van der Waals surface area contributed by atoms with Gasteiger partial charge in [-0.1, -0.05) is 24.3 Å². The Labute approximate surface area is 114 Å². The summed E-state index contributed by atoms with van der Waals surface area (Å²) in [6, 6.07) is 8.11. The summed E-state index contributed by atoms with van der Waals surface area (Å²) in [4.78, 5) is 11.6. The predicted octanol–water partition coefficient (Wildman–Crippen LogP) is 1.45. The molecule has 1 amide bonds. The number of ether oxygens (including phenoxy) is 1. The Kier molecular flexibility index (Phi) is 5.36. The molecule has 0 saturated heterocycles. The van der Waals surface area contributed by atoms with Crippen LogP contribution in [0.15, 0.2) is 24.3 Å². The van der Waals surface area contributed by atoms with Crippen LogP contribution in [0.1, 0.15) is 24.0 Å². The van der Waals surface area contributed by atoms with Crippen molar-refractivity contribution in [1.29, 1.82) is 0 Å². The minimum absolute atomic E-state index is 0.0797. The molecule has 0 spiro atoms. The van der Waals surface area contributed by atoms with Crippen molar-refractivity contribution in [3.63, 3.8) is 0 Å². The van der Waals surface area contributed by atoms with Crippen LogP contribution in [0, 0.1) is 5.92 Å². The molecule has 1 aliphatic carbocycles. The Hall–Kier alpha value is -1.39. The van der Waals surface area contributed by atoms with Crippen LogP contribution in [-0.2, 0) is 22.7 Å². The second kappa shape index (κ2) is 7.26. The van der Waals surface area contributed by atoms with Gasteiger partial charge in [0.15, 0.2) is 0 Å². The van der Waals surface area contributed by atoms with E-state index in [1.165, 1.54) is 18.4 Å². The minimum atomic E-state index is 0.0797. The van der Waals surface area contributed by atoms with Crippen molar-refractivity contribution in [1.82, 2.24) is 10.6 Å². The first-order valence-electron chi connectivity index (χ1n) is 6.82. The average Bonchev–Trinajstić information content (AvgIpc) is 3.23. The van der Waals surface area contributed by atoms with E-state index >= 15 is 0 Å². The highest BCUT2D eigenvalue weighted by molar-refractivity contribution is 5.78. The molecule has 2 N–H and O–H groups in total. The monoisotopic (exact) mass is 262 g/mol. The number of carbonyl (C=O) groups excluding carboxylic acids is 1. The molecule has 0 radical (unpaired) electrons. The minimum Gasteiger partial charge on any atom is -0.380 e. The fourth-order valence-corrected chi connectivity index (χ4v) is 1.98. The third-order valence-electron chi connectivity index (χ3n) is 3.30. The molecule has 0 aliphatic heterocycles. The summed E-state index contributed by atoms with van der Waals surface area (Å²) in [5, 5.41) is 6.12. The highest BCUT2D eigenvalue weighted by atomic mass is 16.5. The SMILES string of the molecule is COCc1ccccc1CNCC(=O)NCC1CC1. The van der Waals surface area contributed by atoms with Crippen molar-refractivity contribution in [2.24, 2.45) is 5.92 Å². The lowest BCUT2D eigenvalue weighted by atomic mass is 10.1. The summed E-state index contributed by atoms with van der Waals surface area (Å²) in [5.74, 6) is 0.808. The maximum absolute atomic E-state index is 11.6. The molecule has 0 atom stereocenters. The highest BCUT2D eigenvalue weighted by Crippen LogP contribution is 2.27. The van der Waals surface area contributed by atoms with Crippen molar-refractivity contribution < 1.29 is 9.53 Å². The molecule has 4 nitrogen and oxygen atoms in total. The lowest BCUT2D eigenvalue weighted by Gasteiger charge is -2.10. The van der Waals surface area contributed by atoms with Crippen LogP contribution < -0.4 is 10.6 Å². The molecule has 104 valence electrons. The van der Waals surface area contributed by atoms with E-state index in [0.29, 0.717) is 19.7 Å². The first kappa shape index (κ1) is 14.0. The zero-order valence-electron chi connectivity index (χ0n) is 11.4. The maximum atomic E-state index is 11.6. The Bertz CT molecular complexity index is 416. The van der Waals surface area contributed by atoms with E-state index in [1.807, 2.05) is 18.2 Å². The Balaban J connectivity index is 1.70. The van der Waals surface area contributed by atoms with Gasteiger partial charge in [0.05, 0.1) is 13.2 Å². The van der Waals surface area contributed by atoms with E-state index in [0.717, 1.165) is 18.0 Å². The Morgan fingerprint density at radius 2 is 2.05 bits per heavy atom. The molecule has 4 heteroatoms. The van der Waals surface area contributed by atoms with E-state index in [4.69, 9.17) is 4.74 Å². The first-order valence-corrected chi connectivity index (χ1v) is 6.82. The molecule has 1 fully saturated rings. The molecule has 1 saturated carbocycles. The molecule has 1 aromatic carbocycles. The number of amides is 1. The van der Waals surface area contributed by atoms with Crippen LogP contribution in [-0.4, -0.2) is 26.1 Å². The Morgan fingerprint density at radius 3 is 2.74 bits per heavy atom. The first-order chi connectivity index (χ1) is 9.29. The van der Waals surface area contributed by atoms with Gasteiger partial charge in [-0.25, -0.2) is 0 Å². The topological polar surface area (TPSA) is 50.4 Å². The largest absolute Gasteiger partial charge is 0.380 e. The van der Waals surface area contributed by atoms with Crippen molar-refractivity contribution in [3.05, 3.63) is 35.4 Å². The summed E-state index contributed by atoms with van der Waals surface area (Å²) in [7, 11) is 1.69. The maximum Gasteiger partial charge on any atom is 0.233 e. The van der Waals surface area contributed by atoms with Crippen molar-refractivity contribution >= 4 is 5.91 Å². The molecule has 19 heavy (non-hydrogen) atoms. The van der Waals surface area contributed by atoms with Crippen LogP contribution in [0.2, 0.25) is 0 Å². The van der Waals surface area contributed by atoms with E-state index in [2.05, 4.69) is 16.7 Å². The molecule has 2 rings (SSSR count). The summed E-state index contributed by atoms with van der Waals surface area (Å²) in [5.41, 5.74) is 2.34. The standard InChI is InChI=1S/C15H22N2O2/c1-19-11-14-5-3-2-4-13(14)9-16-10-15(18)17-8-12-6-7-12/h2-5,12,16H,6-11H2,1H3,(H,17,18). The highest BCUT2D eigenvalue weighted by Gasteiger charge is 2.21. The van der Waals surface area contributed by atoms with E-state index in [-0.39, 0.29) is 5.91 Å². The van der Waals surface area contributed by atoms with Gasteiger partial charge in [-0.05, 0) is 29.9 Å². The molecular weight excluding hydrogens is 240 g/mol. The summed E-state index contributed by atoms with van der Waals surface area (Å²) in [6.07, 6.45) is 2.52. The van der Waals surface area contributed by atoms with Crippen molar-refractivity contribution in [2.75, 3.05) is 20.2 Å². The smallest absolute Gasteiger partial charge is 0.233 e. The molecule has 0 heterocycles. The van der Waals surface area contributed by atoms with Gasteiger partial charge in [0.2, 0.25) is 5.91 Å². The Morgan fingerprint density at radius 1 is 1.32 bits per heavy atom. The fraction of sp³-hybridized carbons (Fsp3) is 0.533. The lowest BCUT2D eigenvalue weighted by Crippen LogP contribution is -2.34. The number of nitrogens with one attached hydrogen (secondary N) is 2. The van der Waals surface area contributed by atoms with Crippen LogP contribution in [0.3, 0.4) is 0 Å². The number of hydrogen-bond acceptors (Lipinski definition) is 3. The van der Waals surface area contributed by atoms with Crippen LogP contribution in [0.25, 0.3) is 0 Å². The van der Waals surface area contributed by atoms with Gasteiger partial charge in [-0.2, -0.15) is 0 Å². The van der Waals surface area contributed by atoms with E-state index < -0.39 is 0 Å². The molecule has 0 aromatic heterocycles. The molecule has 1 aromatic rings. The van der Waals surface area contributed by atoms with Gasteiger partial charge in [-0.15, -0.1) is 0 Å². The number of hydrogen-bond donors (Lipinski definition) is 2. The van der Waals surface area contributed by atoms with E-state index in [9.17, 15) is 4.79 Å². The molecule has 1 aliphatic rings. The summed E-state index contributed by atoms with van der Waals surface area (Å²) >= 11 is 0. The van der Waals surface area contributed by atoms with Gasteiger partial charge in [0.1, 0.15) is 0 Å². The molecule has 0 bridgehead atoms. The number of rotatable bonds is 8. The zero-order chi connectivity index (χ0) is 13.5. The number of benzene rings is 1. The van der Waals surface area contributed by atoms with E-state index in [1.54, 1.807) is 7.11 Å².